The fourth-order valence-corrected chi connectivity index (χ4v) is 0.789. The number of carbonyl (C=O) groups is 1. The Kier molecular flexibility index (Phi) is 2.53. The molecule has 0 fully saturated rings. The van der Waals surface area contributed by atoms with E-state index in [1.165, 1.54) is 6.20 Å². The summed E-state index contributed by atoms with van der Waals surface area (Å²) in [5.41, 5.74) is 0.662. The molecule has 0 saturated carbocycles. The topological polar surface area (TPSA) is 62.5 Å². The van der Waals surface area contributed by atoms with Crippen LogP contribution in [-0.4, -0.2) is 22.8 Å². The number of aliphatic imine (C=N–C) groups is 1. The largest absolute Gasteiger partial charge is 0.481 e. The third-order valence-corrected chi connectivity index (χ3v) is 1.33. The number of aromatic nitrogens is 1. The third kappa shape index (κ3) is 2.16. The highest BCUT2D eigenvalue weighted by Gasteiger charge is 1.99. The molecule has 0 bridgehead atoms. The number of hydrogen-bond acceptors (Lipinski definition) is 3. The highest BCUT2D eigenvalue weighted by molar-refractivity contribution is 5.70. The highest BCUT2D eigenvalue weighted by atomic mass is 16.4. The van der Waals surface area contributed by atoms with Crippen LogP contribution in [0.3, 0.4) is 0 Å². The normalized spacial score (nSPS) is 9.33. The van der Waals surface area contributed by atoms with Crippen LogP contribution >= 0.6 is 0 Å². The number of carboxylic acid groups (broad SMARTS) is 1. The van der Waals surface area contributed by atoms with E-state index in [1.54, 1.807) is 12.1 Å². The molecule has 62 valence electrons. The Balaban J connectivity index is 2.77. The molecule has 1 aromatic heterocycles. The van der Waals surface area contributed by atoms with Gasteiger partial charge in [-0.1, -0.05) is 6.07 Å². The first-order valence-corrected chi connectivity index (χ1v) is 3.36. The summed E-state index contributed by atoms with van der Waals surface area (Å²) in [4.78, 5) is 17.7. The Morgan fingerprint density at radius 3 is 2.83 bits per heavy atom. The third-order valence-electron chi connectivity index (χ3n) is 1.33. The number of rotatable bonds is 3. The molecule has 12 heavy (non-hydrogen) atoms. The van der Waals surface area contributed by atoms with Crippen LogP contribution in [0.1, 0.15) is 5.56 Å². The maximum Gasteiger partial charge on any atom is 0.307 e. The molecule has 0 amide bonds. The van der Waals surface area contributed by atoms with Crippen LogP contribution in [0.2, 0.25) is 0 Å². The van der Waals surface area contributed by atoms with Crippen LogP contribution < -0.4 is 0 Å². The van der Waals surface area contributed by atoms with Gasteiger partial charge in [0.25, 0.3) is 0 Å². The van der Waals surface area contributed by atoms with Gasteiger partial charge in [0.2, 0.25) is 0 Å². The van der Waals surface area contributed by atoms with E-state index >= 15 is 0 Å². The van der Waals surface area contributed by atoms with Gasteiger partial charge < -0.3 is 5.11 Å². The zero-order chi connectivity index (χ0) is 8.97. The summed E-state index contributed by atoms with van der Waals surface area (Å²) in [5.74, 6) is -0.361. The maximum atomic E-state index is 10.3. The van der Waals surface area contributed by atoms with Crippen molar-refractivity contribution < 1.29 is 9.90 Å². The summed E-state index contributed by atoms with van der Waals surface area (Å²) >= 11 is 0. The van der Waals surface area contributed by atoms with Gasteiger partial charge in [0.1, 0.15) is 0 Å². The molecule has 0 unspecified atom stereocenters. The second kappa shape index (κ2) is 3.61. The van der Waals surface area contributed by atoms with Crippen molar-refractivity contribution in [1.82, 2.24) is 4.98 Å². The molecular formula is C8H8N2O2. The van der Waals surface area contributed by atoms with Gasteiger partial charge in [-0.05, 0) is 18.3 Å². The molecule has 1 heterocycles. The van der Waals surface area contributed by atoms with Gasteiger partial charge >= 0.3 is 5.97 Å². The Labute approximate surface area is 69.6 Å². The van der Waals surface area contributed by atoms with E-state index in [9.17, 15) is 4.79 Å². The summed E-state index contributed by atoms with van der Waals surface area (Å²) in [6.45, 7) is 3.29. The van der Waals surface area contributed by atoms with E-state index in [-0.39, 0.29) is 6.42 Å². The number of aliphatic carboxylic acids is 1. The molecule has 0 aliphatic rings. The van der Waals surface area contributed by atoms with Crippen LogP contribution in [0, 0.1) is 0 Å². The van der Waals surface area contributed by atoms with Crippen LogP contribution in [-0.2, 0) is 11.2 Å². The lowest BCUT2D eigenvalue weighted by atomic mass is 10.2. The van der Waals surface area contributed by atoms with Crippen molar-refractivity contribution in [1.29, 1.82) is 0 Å². The lowest BCUT2D eigenvalue weighted by Crippen LogP contribution is -1.99. The standard InChI is InChI=1S/C8H8N2O2/c1-9-7-3-2-6(5-10-7)4-8(11)12/h2-3,5H,1,4H2,(H,11,12). The van der Waals surface area contributed by atoms with Gasteiger partial charge in [-0.15, -0.1) is 0 Å². The van der Waals surface area contributed by atoms with Crippen LogP contribution in [0.5, 0.6) is 0 Å². The molecule has 0 spiro atoms. The minimum absolute atomic E-state index is 0.00950. The molecule has 1 N–H and O–H groups in total. The zero-order valence-electron chi connectivity index (χ0n) is 6.40. The zero-order valence-corrected chi connectivity index (χ0v) is 6.40. The molecule has 0 aliphatic heterocycles. The Morgan fingerprint density at radius 2 is 2.42 bits per heavy atom. The Bertz CT molecular complexity index is 292. The summed E-state index contributed by atoms with van der Waals surface area (Å²) in [7, 11) is 0. The first-order chi connectivity index (χ1) is 5.72. The SMILES string of the molecule is C=Nc1ccc(CC(=O)O)cn1. The molecule has 4 heteroatoms. The van der Waals surface area contributed by atoms with E-state index in [2.05, 4.69) is 16.7 Å². The molecular weight excluding hydrogens is 156 g/mol. The minimum Gasteiger partial charge on any atom is -0.481 e. The average molecular weight is 164 g/mol. The van der Waals surface area contributed by atoms with Crippen molar-refractivity contribution >= 4 is 18.5 Å². The lowest BCUT2D eigenvalue weighted by Gasteiger charge is -1.95. The van der Waals surface area contributed by atoms with Gasteiger partial charge in [-0.3, -0.25) is 4.79 Å². The van der Waals surface area contributed by atoms with Crippen molar-refractivity contribution in [2.24, 2.45) is 4.99 Å². The van der Waals surface area contributed by atoms with Crippen molar-refractivity contribution in [3.05, 3.63) is 23.9 Å². The van der Waals surface area contributed by atoms with Crippen LogP contribution in [0.4, 0.5) is 5.82 Å². The number of hydrogen-bond donors (Lipinski definition) is 1. The summed E-state index contributed by atoms with van der Waals surface area (Å²) in [5, 5.41) is 8.43. The minimum atomic E-state index is -0.865. The number of carboxylic acids is 1. The first kappa shape index (κ1) is 8.39. The average Bonchev–Trinajstić information content (AvgIpc) is 2.05. The van der Waals surface area contributed by atoms with E-state index < -0.39 is 5.97 Å². The van der Waals surface area contributed by atoms with Crippen molar-refractivity contribution in [3.8, 4) is 0 Å². The highest BCUT2D eigenvalue weighted by Crippen LogP contribution is 2.07. The fraction of sp³-hybridized carbons (Fsp3) is 0.125. The van der Waals surface area contributed by atoms with Crippen molar-refractivity contribution in [3.63, 3.8) is 0 Å². The molecule has 0 aliphatic carbocycles. The fourth-order valence-electron chi connectivity index (χ4n) is 0.789. The summed E-state index contributed by atoms with van der Waals surface area (Å²) < 4.78 is 0. The van der Waals surface area contributed by atoms with Crippen LogP contribution in [0.25, 0.3) is 0 Å². The van der Waals surface area contributed by atoms with E-state index in [0.29, 0.717) is 11.4 Å². The second-order valence-corrected chi connectivity index (χ2v) is 2.25. The van der Waals surface area contributed by atoms with E-state index in [1.807, 2.05) is 0 Å². The van der Waals surface area contributed by atoms with Gasteiger partial charge in [-0.25, -0.2) is 9.98 Å². The smallest absolute Gasteiger partial charge is 0.307 e. The summed E-state index contributed by atoms with van der Waals surface area (Å²) in [6.07, 6.45) is 1.47. The van der Waals surface area contributed by atoms with Gasteiger partial charge in [-0.2, -0.15) is 0 Å². The predicted molar refractivity (Wildman–Crippen MR) is 44.8 cm³/mol. The van der Waals surface area contributed by atoms with Crippen LogP contribution in [0.15, 0.2) is 23.3 Å². The van der Waals surface area contributed by atoms with Crippen molar-refractivity contribution in [2.75, 3.05) is 0 Å². The molecule has 0 radical (unpaired) electrons. The lowest BCUT2D eigenvalue weighted by molar-refractivity contribution is -0.136. The van der Waals surface area contributed by atoms with Gasteiger partial charge in [0.05, 0.1) is 6.42 Å². The summed E-state index contributed by atoms with van der Waals surface area (Å²) in [6, 6.07) is 3.30. The molecule has 0 aromatic carbocycles. The van der Waals surface area contributed by atoms with Gasteiger partial charge in [0.15, 0.2) is 5.82 Å². The second-order valence-electron chi connectivity index (χ2n) is 2.25. The van der Waals surface area contributed by atoms with Crippen molar-refractivity contribution in [2.45, 2.75) is 6.42 Å². The molecule has 1 aromatic rings. The molecule has 0 atom stereocenters. The molecule has 0 saturated heterocycles. The van der Waals surface area contributed by atoms with E-state index in [0.717, 1.165) is 0 Å². The monoisotopic (exact) mass is 164 g/mol. The maximum absolute atomic E-state index is 10.3. The van der Waals surface area contributed by atoms with E-state index in [4.69, 9.17) is 5.11 Å². The molecule has 4 nitrogen and oxygen atoms in total. The number of pyridine rings is 1. The number of nitrogens with zero attached hydrogens (tertiary/aromatic N) is 2. The first-order valence-electron chi connectivity index (χ1n) is 3.36. The molecule has 1 rings (SSSR count). The predicted octanol–water partition coefficient (Wildman–Crippen LogP) is 1.04. The Morgan fingerprint density at radius 1 is 1.67 bits per heavy atom. The Hall–Kier alpha value is -1.71. The van der Waals surface area contributed by atoms with Gasteiger partial charge in [0, 0.05) is 6.20 Å². The quantitative estimate of drug-likeness (QED) is 0.679.